The minimum Gasteiger partial charge on any atom is -0.459 e. The maximum absolute atomic E-state index is 6.11. The molecule has 21 heavy (non-hydrogen) atoms. The predicted molar refractivity (Wildman–Crippen MR) is 87.3 cm³/mol. The van der Waals surface area contributed by atoms with E-state index in [4.69, 9.17) is 10.2 Å². The van der Waals surface area contributed by atoms with Crippen LogP contribution in [0.25, 0.3) is 11.0 Å². The molecule has 1 aromatic carbocycles. The predicted octanol–water partition coefficient (Wildman–Crippen LogP) is 4.09. The number of para-hydroxylation sites is 1. The molecule has 1 atom stereocenters. The molecule has 1 aliphatic rings. The molecule has 1 heterocycles. The van der Waals surface area contributed by atoms with Crippen LogP contribution in [-0.4, -0.2) is 24.0 Å². The molecule has 0 amide bonds. The summed E-state index contributed by atoms with van der Waals surface area (Å²) in [6, 6.07) is 11.2. The first-order valence-electron chi connectivity index (χ1n) is 8.27. The fourth-order valence-corrected chi connectivity index (χ4v) is 3.73. The molecular formula is C18H26N2O. The molecule has 1 fully saturated rings. The van der Waals surface area contributed by atoms with Crippen LogP contribution in [0, 0.1) is 0 Å². The summed E-state index contributed by atoms with van der Waals surface area (Å²) in [6.07, 6.45) is 6.66. The maximum Gasteiger partial charge on any atom is 0.134 e. The number of likely N-dealkylation sites (N-methyl/N-ethyl adjacent to an activating group) is 1. The van der Waals surface area contributed by atoms with Crippen LogP contribution in [0.4, 0.5) is 0 Å². The van der Waals surface area contributed by atoms with Gasteiger partial charge in [-0.1, -0.05) is 44.4 Å². The lowest BCUT2D eigenvalue weighted by molar-refractivity contribution is 0.102. The molecule has 1 saturated carbocycles. The molecule has 0 bridgehead atoms. The Balaban J connectivity index is 1.87. The molecule has 2 N–H and O–H groups in total. The fraction of sp³-hybridized carbons (Fsp3) is 0.556. The van der Waals surface area contributed by atoms with Gasteiger partial charge < -0.3 is 10.2 Å². The maximum atomic E-state index is 6.11. The molecule has 2 aromatic rings. The number of nitrogens with two attached hydrogens (primary N) is 1. The number of nitrogens with zero attached hydrogens (tertiary/aromatic N) is 1. The lowest BCUT2D eigenvalue weighted by atomic mass is 9.92. The zero-order chi connectivity index (χ0) is 14.7. The molecule has 0 spiro atoms. The number of hydrogen-bond acceptors (Lipinski definition) is 3. The second-order valence-electron chi connectivity index (χ2n) is 6.06. The smallest absolute Gasteiger partial charge is 0.134 e. The van der Waals surface area contributed by atoms with Gasteiger partial charge in [0.2, 0.25) is 0 Å². The third-order valence-electron chi connectivity index (χ3n) is 4.81. The Hall–Kier alpha value is -1.32. The van der Waals surface area contributed by atoms with Gasteiger partial charge in [0.1, 0.15) is 11.3 Å². The second-order valence-corrected chi connectivity index (χ2v) is 6.06. The van der Waals surface area contributed by atoms with E-state index in [2.05, 4.69) is 30.0 Å². The van der Waals surface area contributed by atoms with Gasteiger partial charge in [0.15, 0.2) is 0 Å². The SMILES string of the molecule is CCN(C1CCCCC1)C(CN)c1cc2ccccc2o1. The quantitative estimate of drug-likeness (QED) is 0.900. The van der Waals surface area contributed by atoms with E-state index in [0.717, 1.165) is 17.9 Å². The first kappa shape index (κ1) is 14.6. The van der Waals surface area contributed by atoms with E-state index in [-0.39, 0.29) is 6.04 Å². The van der Waals surface area contributed by atoms with Gasteiger partial charge in [-0.15, -0.1) is 0 Å². The fourth-order valence-electron chi connectivity index (χ4n) is 3.73. The molecule has 0 aliphatic heterocycles. The van der Waals surface area contributed by atoms with Gasteiger partial charge in [-0.2, -0.15) is 0 Å². The molecule has 1 aromatic heterocycles. The normalized spacial score (nSPS) is 18.4. The van der Waals surface area contributed by atoms with Gasteiger partial charge >= 0.3 is 0 Å². The lowest BCUT2D eigenvalue weighted by Gasteiger charge is -2.38. The molecule has 3 heteroatoms. The number of fused-ring (bicyclic) bond motifs is 1. The van der Waals surface area contributed by atoms with Gasteiger partial charge in [0, 0.05) is 18.0 Å². The van der Waals surface area contributed by atoms with Crippen molar-refractivity contribution in [3.8, 4) is 0 Å². The largest absolute Gasteiger partial charge is 0.459 e. The van der Waals surface area contributed by atoms with Crippen molar-refractivity contribution in [1.82, 2.24) is 4.90 Å². The minimum absolute atomic E-state index is 0.200. The van der Waals surface area contributed by atoms with Gasteiger partial charge in [-0.05, 0) is 31.5 Å². The third-order valence-corrected chi connectivity index (χ3v) is 4.81. The molecule has 0 radical (unpaired) electrons. The molecule has 0 saturated heterocycles. The van der Waals surface area contributed by atoms with Crippen LogP contribution in [-0.2, 0) is 0 Å². The van der Waals surface area contributed by atoms with Crippen molar-refractivity contribution in [2.24, 2.45) is 5.73 Å². The van der Waals surface area contributed by atoms with Crippen LogP contribution in [0.2, 0.25) is 0 Å². The van der Waals surface area contributed by atoms with Crippen molar-refractivity contribution >= 4 is 11.0 Å². The summed E-state index contributed by atoms with van der Waals surface area (Å²) in [6.45, 7) is 3.88. The lowest BCUT2D eigenvalue weighted by Crippen LogP contribution is -2.42. The Morgan fingerprint density at radius 3 is 2.67 bits per heavy atom. The third kappa shape index (κ3) is 2.99. The number of hydrogen-bond donors (Lipinski definition) is 1. The topological polar surface area (TPSA) is 42.4 Å². The van der Waals surface area contributed by atoms with Gasteiger partial charge in [0.25, 0.3) is 0 Å². The molecule has 1 aliphatic carbocycles. The van der Waals surface area contributed by atoms with Crippen LogP contribution in [0.5, 0.6) is 0 Å². The number of rotatable bonds is 5. The number of furan rings is 1. The summed E-state index contributed by atoms with van der Waals surface area (Å²) in [4.78, 5) is 2.55. The summed E-state index contributed by atoms with van der Waals surface area (Å²) >= 11 is 0. The first-order valence-corrected chi connectivity index (χ1v) is 8.27. The molecule has 114 valence electrons. The van der Waals surface area contributed by atoms with Gasteiger partial charge in [0.05, 0.1) is 6.04 Å². The zero-order valence-corrected chi connectivity index (χ0v) is 12.9. The standard InChI is InChI=1S/C18H26N2O/c1-2-20(15-9-4-3-5-10-15)16(13-19)18-12-14-8-6-7-11-17(14)21-18/h6-8,11-12,15-16H,2-5,9-10,13,19H2,1H3. The highest BCUT2D eigenvalue weighted by molar-refractivity contribution is 5.77. The Kier molecular flexibility index (Phi) is 4.61. The Morgan fingerprint density at radius 1 is 1.24 bits per heavy atom. The van der Waals surface area contributed by atoms with Crippen molar-refractivity contribution in [1.29, 1.82) is 0 Å². The van der Waals surface area contributed by atoms with Crippen LogP contribution in [0.1, 0.15) is 50.8 Å². The van der Waals surface area contributed by atoms with E-state index in [9.17, 15) is 0 Å². The van der Waals surface area contributed by atoms with E-state index in [1.807, 2.05) is 12.1 Å². The van der Waals surface area contributed by atoms with Crippen LogP contribution in [0.3, 0.4) is 0 Å². The summed E-state index contributed by atoms with van der Waals surface area (Å²) in [7, 11) is 0. The second kappa shape index (κ2) is 6.63. The highest BCUT2D eigenvalue weighted by atomic mass is 16.3. The summed E-state index contributed by atoms with van der Waals surface area (Å²) in [5.74, 6) is 1.02. The van der Waals surface area contributed by atoms with Gasteiger partial charge in [-0.3, -0.25) is 4.90 Å². The van der Waals surface area contributed by atoms with Crippen molar-refractivity contribution < 1.29 is 4.42 Å². The molecule has 1 unspecified atom stereocenters. The van der Waals surface area contributed by atoms with E-state index in [1.165, 1.54) is 37.5 Å². The average Bonchev–Trinajstić information content (AvgIpc) is 2.96. The van der Waals surface area contributed by atoms with Crippen molar-refractivity contribution in [3.63, 3.8) is 0 Å². The summed E-state index contributed by atoms with van der Waals surface area (Å²) < 4.78 is 6.07. The highest BCUT2D eigenvalue weighted by Crippen LogP contribution is 2.32. The summed E-state index contributed by atoms with van der Waals surface area (Å²) in [5.41, 5.74) is 7.07. The highest BCUT2D eigenvalue weighted by Gasteiger charge is 2.28. The number of benzene rings is 1. The Morgan fingerprint density at radius 2 is 2.00 bits per heavy atom. The minimum atomic E-state index is 0.200. The van der Waals surface area contributed by atoms with E-state index < -0.39 is 0 Å². The molecule has 3 rings (SSSR count). The van der Waals surface area contributed by atoms with E-state index >= 15 is 0 Å². The first-order chi connectivity index (χ1) is 10.3. The van der Waals surface area contributed by atoms with Gasteiger partial charge in [-0.25, -0.2) is 0 Å². The Labute approximate surface area is 127 Å². The van der Waals surface area contributed by atoms with E-state index in [1.54, 1.807) is 0 Å². The van der Waals surface area contributed by atoms with Crippen molar-refractivity contribution in [2.75, 3.05) is 13.1 Å². The van der Waals surface area contributed by atoms with Crippen molar-refractivity contribution in [3.05, 3.63) is 36.1 Å². The van der Waals surface area contributed by atoms with Crippen LogP contribution in [0.15, 0.2) is 34.7 Å². The van der Waals surface area contributed by atoms with Crippen LogP contribution < -0.4 is 5.73 Å². The van der Waals surface area contributed by atoms with E-state index in [0.29, 0.717) is 12.6 Å². The zero-order valence-electron chi connectivity index (χ0n) is 12.9. The van der Waals surface area contributed by atoms with Crippen LogP contribution >= 0.6 is 0 Å². The monoisotopic (exact) mass is 286 g/mol. The van der Waals surface area contributed by atoms with Crippen molar-refractivity contribution in [2.45, 2.75) is 51.1 Å². The molecular weight excluding hydrogens is 260 g/mol. The summed E-state index contributed by atoms with van der Waals surface area (Å²) in [5, 5.41) is 1.17. The molecule has 3 nitrogen and oxygen atoms in total. The Bertz CT molecular complexity index is 538. The average molecular weight is 286 g/mol.